The van der Waals surface area contributed by atoms with Crippen LogP contribution < -0.4 is 5.32 Å². The molecule has 0 aliphatic carbocycles. The molecule has 1 unspecified atom stereocenters. The number of nitrogens with one attached hydrogen (secondary N) is 1. The van der Waals surface area contributed by atoms with E-state index in [1.807, 2.05) is 38.1 Å². The van der Waals surface area contributed by atoms with Gasteiger partial charge in [-0.3, -0.25) is 4.79 Å². The summed E-state index contributed by atoms with van der Waals surface area (Å²) in [7, 11) is 0. The van der Waals surface area contributed by atoms with Crippen LogP contribution in [0.1, 0.15) is 30.9 Å². The predicted molar refractivity (Wildman–Crippen MR) is 82.6 cm³/mol. The molecule has 0 saturated carbocycles. The summed E-state index contributed by atoms with van der Waals surface area (Å²) in [5.74, 6) is -1.47. The number of amides is 1. The summed E-state index contributed by atoms with van der Waals surface area (Å²) in [6.07, 6.45) is 1.22. The van der Waals surface area contributed by atoms with E-state index in [0.29, 0.717) is 32.5 Å². The second-order valence-corrected chi connectivity index (χ2v) is 6.08. The van der Waals surface area contributed by atoms with Gasteiger partial charge in [0.05, 0.1) is 0 Å². The zero-order valence-corrected chi connectivity index (χ0v) is 13.1. The maximum absolute atomic E-state index is 12.4. The van der Waals surface area contributed by atoms with Gasteiger partial charge in [-0.15, -0.1) is 0 Å². The van der Waals surface area contributed by atoms with Crippen LogP contribution in [0, 0.1) is 12.8 Å². The lowest BCUT2D eigenvalue weighted by molar-refractivity contribution is -0.152. The number of benzene rings is 1. The fraction of sp³-hybridized carbons (Fsp3) is 0.529. The van der Waals surface area contributed by atoms with Crippen LogP contribution in [-0.2, 0) is 20.7 Å². The van der Waals surface area contributed by atoms with Gasteiger partial charge in [-0.2, -0.15) is 0 Å². The van der Waals surface area contributed by atoms with E-state index < -0.39 is 11.5 Å². The minimum atomic E-state index is -1.18. The highest BCUT2D eigenvalue weighted by Crippen LogP contribution is 2.22. The molecular formula is C17H23NO4. The molecule has 1 aliphatic heterocycles. The monoisotopic (exact) mass is 305 g/mol. The van der Waals surface area contributed by atoms with Crippen molar-refractivity contribution >= 4 is 11.9 Å². The summed E-state index contributed by atoms with van der Waals surface area (Å²) in [4.78, 5) is 23.9. The Balaban J connectivity index is 2.00. The maximum Gasteiger partial charge on any atom is 0.329 e. The van der Waals surface area contributed by atoms with Gasteiger partial charge in [0.2, 0.25) is 5.91 Å². The second kappa shape index (κ2) is 6.92. The second-order valence-electron chi connectivity index (χ2n) is 6.08. The van der Waals surface area contributed by atoms with Crippen molar-refractivity contribution in [1.29, 1.82) is 0 Å². The van der Waals surface area contributed by atoms with Crippen molar-refractivity contribution in [1.82, 2.24) is 5.32 Å². The summed E-state index contributed by atoms with van der Waals surface area (Å²) in [5.41, 5.74) is 1.06. The zero-order valence-electron chi connectivity index (χ0n) is 13.1. The van der Waals surface area contributed by atoms with Crippen LogP contribution in [0.2, 0.25) is 0 Å². The molecule has 1 atom stereocenters. The first kappa shape index (κ1) is 16.5. The van der Waals surface area contributed by atoms with Crippen LogP contribution in [-0.4, -0.2) is 35.7 Å². The van der Waals surface area contributed by atoms with Crippen LogP contribution in [0.5, 0.6) is 0 Å². The molecule has 2 N–H and O–H groups in total. The minimum Gasteiger partial charge on any atom is -0.480 e. The predicted octanol–water partition coefficient (Wildman–Crippen LogP) is 1.92. The Morgan fingerprint density at radius 3 is 2.41 bits per heavy atom. The zero-order chi connectivity index (χ0) is 16.2. The highest BCUT2D eigenvalue weighted by Gasteiger charge is 2.42. The van der Waals surface area contributed by atoms with Gasteiger partial charge in [-0.05, 0) is 18.9 Å². The van der Waals surface area contributed by atoms with Crippen molar-refractivity contribution in [3.63, 3.8) is 0 Å². The lowest BCUT2D eigenvalue weighted by atomic mass is 9.88. The first-order valence-electron chi connectivity index (χ1n) is 7.62. The van der Waals surface area contributed by atoms with E-state index in [-0.39, 0.29) is 11.8 Å². The lowest BCUT2D eigenvalue weighted by Crippen LogP contribution is -2.58. The SMILES string of the molecule is Cc1ccc(CC(C)C(=O)NC2(C(=O)O)CCOCC2)cc1. The average molecular weight is 305 g/mol. The number of aliphatic carboxylic acids is 1. The molecule has 1 aliphatic rings. The Labute approximate surface area is 130 Å². The molecule has 1 aromatic carbocycles. The molecule has 0 bridgehead atoms. The average Bonchev–Trinajstić information content (AvgIpc) is 2.50. The number of aryl methyl sites for hydroxylation is 1. The first-order chi connectivity index (χ1) is 10.4. The molecule has 1 aromatic rings. The molecule has 5 heteroatoms. The van der Waals surface area contributed by atoms with Gasteiger partial charge in [0.1, 0.15) is 5.54 Å². The largest absolute Gasteiger partial charge is 0.480 e. The van der Waals surface area contributed by atoms with Gasteiger partial charge in [-0.25, -0.2) is 4.79 Å². The summed E-state index contributed by atoms with van der Waals surface area (Å²) in [6.45, 7) is 4.56. The van der Waals surface area contributed by atoms with Crippen LogP contribution in [0.4, 0.5) is 0 Å². The van der Waals surface area contributed by atoms with Crippen molar-refractivity contribution < 1.29 is 19.4 Å². The van der Waals surface area contributed by atoms with Crippen molar-refractivity contribution in [3.05, 3.63) is 35.4 Å². The molecule has 120 valence electrons. The van der Waals surface area contributed by atoms with Crippen LogP contribution in [0.3, 0.4) is 0 Å². The normalized spacial score (nSPS) is 18.5. The van der Waals surface area contributed by atoms with E-state index in [1.54, 1.807) is 0 Å². The number of carbonyl (C=O) groups excluding carboxylic acids is 1. The van der Waals surface area contributed by atoms with Gasteiger partial charge in [-0.1, -0.05) is 36.8 Å². The van der Waals surface area contributed by atoms with Crippen LogP contribution >= 0.6 is 0 Å². The fourth-order valence-electron chi connectivity index (χ4n) is 2.64. The standard InChI is InChI=1S/C17H23NO4/c1-12-3-5-14(6-4-12)11-13(2)15(19)18-17(16(20)21)7-9-22-10-8-17/h3-6,13H,7-11H2,1-2H3,(H,18,19)(H,20,21). The van der Waals surface area contributed by atoms with Crippen molar-refractivity contribution in [2.75, 3.05) is 13.2 Å². The number of carbonyl (C=O) groups is 2. The molecule has 0 spiro atoms. The number of hydrogen-bond donors (Lipinski definition) is 2. The van der Waals surface area contributed by atoms with Gasteiger partial charge in [0.25, 0.3) is 0 Å². The van der Waals surface area contributed by atoms with E-state index in [0.717, 1.165) is 5.56 Å². The van der Waals surface area contributed by atoms with Gasteiger partial charge in [0.15, 0.2) is 0 Å². The quantitative estimate of drug-likeness (QED) is 0.871. The highest BCUT2D eigenvalue weighted by atomic mass is 16.5. The molecule has 5 nitrogen and oxygen atoms in total. The third-order valence-corrected chi connectivity index (χ3v) is 4.23. The van der Waals surface area contributed by atoms with E-state index in [4.69, 9.17) is 4.74 Å². The fourth-order valence-corrected chi connectivity index (χ4v) is 2.64. The number of carboxylic acid groups (broad SMARTS) is 1. The topological polar surface area (TPSA) is 75.6 Å². The molecule has 0 aromatic heterocycles. The Hall–Kier alpha value is -1.88. The summed E-state index contributed by atoms with van der Waals surface area (Å²) in [5, 5.41) is 12.2. The van der Waals surface area contributed by atoms with E-state index in [2.05, 4.69) is 5.32 Å². The molecule has 0 radical (unpaired) electrons. The molecule has 1 saturated heterocycles. The number of hydrogen-bond acceptors (Lipinski definition) is 3. The third kappa shape index (κ3) is 3.85. The molecule has 22 heavy (non-hydrogen) atoms. The van der Waals surface area contributed by atoms with Crippen LogP contribution in [0.15, 0.2) is 24.3 Å². The van der Waals surface area contributed by atoms with Crippen molar-refractivity contribution in [2.24, 2.45) is 5.92 Å². The Bertz CT molecular complexity index is 532. The highest BCUT2D eigenvalue weighted by molar-refractivity contribution is 5.88. The minimum absolute atomic E-state index is 0.218. The van der Waals surface area contributed by atoms with E-state index in [9.17, 15) is 14.7 Å². The Kier molecular flexibility index (Phi) is 5.19. The molecule has 1 amide bonds. The smallest absolute Gasteiger partial charge is 0.329 e. The summed E-state index contributed by atoms with van der Waals surface area (Å²) >= 11 is 0. The summed E-state index contributed by atoms with van der Waals surface area (Å²) < 4.78 is 5.21. The molecule has 2 rings (SSSR count). The number of rotatable bonds is 5. The Morgan fingerprint density at radius 1 is 1.27 bits per heavy atom. The van der Waals surface area contributed by atoms with Gasteiger partial charge < -0.3 is 15.2 Å². The van der Waals surface area contributed by atoms with E-state index >= 15 is 0 Å². The van der Waals surface area contributed by atoms with Gasteiger partial charge >= 0.3 is 5.97 Å². The number of carboxylic acids is 1. The first-order valence-corrected chi connectivity index (χ1v) is 7.62. The summed E-state index contributed by atoms with van der Waals surface area (Å²) in [6, 6.07) is 8.02. The van der Waals surface area contributed by atoms with Crippen LogP contribution in [0.25, 0.3) is 0 Å². The Morgan fingerprint density at radius 2 is 1.86 bits per heavy atom. The van der Waals surface area contributed by atoms with Crippen molar-refractivity contribution in [2.45, 2.75) is 38.6 Å². The van der Waals surface area contributed by atoms with Gasteiger partial charge in [0, 0.05) is 32.0 Å². The third-order valence-electron chi connectivity index (χ3n) is 4.23. The molecule has 1 heterocycles. The van der Waals surface area contributed by atoms with Crippen molar-refractivity contribution in [3.8, 4) is 0 Å². The lowest BCUT2D eigenvalue weighted by Gasteiger charge is -2.34. The molecule has 1 fully saturated rings. The maximum atomic E-state index is 12.4. The van der Waals surface area contributed by atoms with E-state index in [1.165, 1.54) is 5.56 Å². The number of ether oxygens (including phenoxy) is 1. The molecular weight excluding hydrogens is 282 g/mol.